The van der Waals surface area contributed by atoms with Gasteiger partial charge in [-0.3, -0.25) is 9.59 Å². The van der Waals surface area contributed by atoms with Crippen LogP contribution in [0.1, 0.15) is 44.7 Å². The summed E-state index contributed by atoms with van der Waals surface area (Å²) in [6.07, 6.45) is -18.7. The molecule has 0 aliphatic heterocycles. The summed E-state index contributed by atoms with van der Waals surface area (Å²) < 4.78 is 164. The van der Waals surface area contributed by atoms with Gasteiger partial charge >= 0.3 is 30.2 Å². The molecule has 6 nitrogen and oxygen atoms in total. The molecule has 47 heavy (non-hydrogen) atoms. The molecule has 1 aliphatic carbocycles. The molecule has 0 atom stereocenters. The van der Waals surface area contributed by atoms with Gasteiger partial charge < -0.3 is 10.2 Å². The zero-order chi connectivity index (χ0) is 35.3. The van der Waals surface area contributed by atoms with E-state index in [1.54, 1.807) is 0 Å². The van der Waals surface area contributed by atoms with E-state index in [1.807, 2.05) is 0 Å². The quantitative estimate of drug-likeness (QED) is 0.202. The van der Waals surface area contributed by atoms with E-state index in [4.69, 9.17) is 4.84 Å². The third kappa shape index (κ3) is 7.03. The molecule has 4 rings (SSSR count). The lowest BCUT2D eigenvalue weighted by molar-refractivity contribution is -0.348. The predicted molar refractivity (Wildman–Crippen MR) is 140 cm³/mol. The zero-order valence-electron chi connectivity index (χ0n) is 22.7. The van der Waals surface area contributed by atoms with Gasteiger partial charge in [0.25, 0.3) is 11.8 Å². The summed E-state index contributed by atoms with van der Waals surface area (Å²) in [6.45, 7) is 0. The van der Waals surface area contributed by atoms with Crippen LogP contribution < -0.4 is 10.4 Å². The van der Waals surface area contributed by atoms with Crippen molar-refractivity contribution in [2.45, 2.75) is 37.0 Å². The lowest BCUT2D eigenvalue weighted by Crippen LogP contribution is -2.50. The molecular formula is C28H15BrF12N2O4. The van der Waals surface area contributed by atoms with Crippen LogP contribution in [0.2, 0.25) is 0 Å². The van der Waals surface area contributed by atoms with Crippen LogP contribution in [-0.2, 0) is 21.5 Å². The largest absolute Gasteiger partial charge is 0.435 e. The molecule has 0 heterocycles. The van der Waals surface area contributed by atoms with Gasteiger partial charge in [0.2, 0.25) is 0 Å². The van der Waals surface area contributed by atoms with Gasteiger partial charge in [-0.15, -0.1) is 5.06 Å². The summed E-state index contributed by atoms with van der Waals surface area (Å²) in [6, 6.07) is 4.81. The van der Waals surface area contributed by atoms with Crippen LogP contribution in [0.25, 0.3) is 0 Å². The fourth-order valence-electron chi connectivity index (χ4n) is 4.07. The van der Waals surface area contributed by atoms with E-state index < -0.39 is 98.1 Å². The smallest absolute Gasteiger partial charge is 0.332 e. The molecule has 0 unspecified atom stereocenters. The summed E-state index contributed by atoms with van der Waals surface area (Å²) in [5, 5.41) is 1.63. The van der Waals surface area contributed by atoms with Crippen molar-refractivity contribution >= 4 is 45.1 Å². The van der Waals surface area contributed by atoms with E-state index in [2.05, 4.69) is 15.9 Å². The molecule has 1 N–H and O–H groups in total. The van der Waals surface area contributed by atoms with E-state index in [1.165, 1.54) is 5.32 Å². The lowest BCUT2D eigenvalue weighted by Gasteiger charge is -2.31. The lowest BCUT2D eigenvalue weighted by atomic mass is 9.92. The number of carbonyl (C=O) groups is 3. The second-order valence-corrected chi connectivity index (χ2v) is 10.8. The Hall–Kier alpha value is -4.29. The molecule has 3 aromatic rings. The molecule has 0 spiro atoms. The third-order valence-electron chi connectivity index (χ3n) is 6.62. The predicted octanol–water partition coefficient (Wildman–Crippen LogP) is 8.80. The number of nitrogens with one attached hydrogen (secondary N) is 1. The first-order valence-corrected chi connectivity index (χ1v) is 13.5. The van der Waals surface area contributed by atoms with Gasteiger partial charge in [-0.05, 0) is 77.3 Å². The van der Waals surface area contributed by atoms with Crippen LogP contribution in [0.4, 0.5) is 64.1 Å². The number of hydroxylamine groups is 1. The first-order valence-electron chi connectivity index (χ1n) is 12.7. The van der Waals surface area contributed by atoms with Gasteiger partial charge in [0, 0.05) is 15.6 Å². The number of halogens is 13. The minimum Gasteiger partial charge on any atom is -0.332 e. The van der Waals surface area contributed by atoms with Gasteiger partial charge in [-0.2, -0.15) is 39.5 Å². The van der Waals surface area contributed by atoms with Crippen LogP contribution in [0.3, 0.4) is 0 Å². The highest BCUT2D eigenvalue weighted by atomic mass is 79.9. The Labute approximate surface area is 263 Å². The SMILES string of the molecule is O=C(Nc1c(Br)cc(C(F)(C(F)(F)F)C(F)(F)F)cc1C(F)(F)F)c1cccc(N(OC(=O)C2CC2)C(=O)c2ccc(F)cc2)c1F. The molecule has 0 aromatic heterocycles. The zero-order valence-corrected chi connectivity index (χ0v) is 24.3. The van der Waals surface area contributed by atoms with Crippen LogP contribution in [0.5, 0.6) is 0 Å². The van der Waals surface area contributed by atoms with Gasteiger partial charge in [0.1, 0.15) is 11.5 Å². The summed E-state index contributed by atoms with van der Waals surface area (Å²) in [5.41, 5.74) is -15.2. The Morgan fingerprint density at radius 1 is 0.830 bits per heavy atom. The fourth-order valence-corrected chi connectivity index (χ4v) is 4.63. The van der Waals surface area contributed by atoms with Crippen molar-refractivity contribution in [2.24, 2.45) is 5.92 Å². The van der Waals surface area contributed by atoms with Crippen LogP contribution in [-0.4, -0.2) is 30.1 Å². The van der Waals surface area contributed by atoms with E-state index in [0.29, 0.717) is 18.9 Å². The van der Waals surface area contributed by atoms with Crippen molar-refractivity contribution in [1.29, 1.82) is 0 Å². The van der Waals surface area contributed by atoms with Gasteiger partial charge in [-0.25, -0.2) is 18.0 Å². The summed E-state index contributed by atoms with van der Waals surface area (Å²) in [7, 11) is 0. The second-order valence-electron chi connectivity index (χ2n) is 9.92. The average molecular weight is 751 g/mol. The number of carbonyl (C=O) groups excluding carboxylic acids is 3. The van der Waals surface area contributed by atoms with Crippen molar-refractivity contribution in [1.82, 2.24) is 0 Å². The molecule has 1 aliphatic rings. The normalized spacial score (nSPS) is 14.1. The summed E-state index contributed by atoms with van der Waals surface area (Å²) in [4.78, 5) is 43.6. The van der Waals surface area contributed by atoms with E-state index in [0.717, 1.165) is 36.4 Å². The number of hydrogen-bond donors (Lipinski definition) is 1. The molecule has 0 saturated heterocycles. The topological polar surface area (TPSA) is 75.7 Å². The molecule has 0 bridgehead atoms. The number of amides is 2. The van der Waals surface area contributed by atoms with Crippen LogP contribution in [0, 0.1) is 17.6 Å². The van der Waals surface area contributed by atoms with Crippen molar-refractivity contribution in [3.8, 4) is 0 Å². The van der Waals surface area contributed by atoms with Crippen LogP contribution >= 0.6 is 15.9 Å². The molecule has 1 saturated carbocycles. The maximum absolute atomic E-state index is 15.8. The number of anilines is 2. The Kier molecular flexibility index (Phi) is 9.37. The minimum atomic E-state index is -6.78. The Morgan fingerprint density at radius 3 is 1.91 bits per heavy atom. The van der Waals surface area contributed by atoms with Crippen molar-refractivity contribution in [2.75, 3.05) is 10.4 Å². The van der Waals surface area contributed by atoms with E-state index in [-0.39, 0.29) is 16.7 Å². The highest BCUT2D eigenvalue weighted by molar-refractivity contribution is 9.10. The maximum atomic E-state index is 15.8. The van der Waals surface area contributed by atoms with Crippen molar-refractivity contribution in [3.05, 3.63) is 93.0 Å². The fraction of sp³-hybridized carbons (Fsp3) is 0.250. The third-order valence-corrected chi connectivity index (χ3v) is 7.25. The number of benzene rings is 3. The van der Waals surface area contributed by atoms with Crippen LogP contribution in [0.15, 0.2) is 59.1 Å². The van der Waals surface area contributed by atoms with Gasteiger partial charge in [0.05, 0.1) is 22.7 Å². The summed E-state index contributed by atoms with van der Waals surface area (Å²) in [5.74, 6) is -7.19. The molecule has 3 aromatic carbocycles. The second kappa shape index (κ2) is 12.4. The molecule has 1 fully saturated rings. The molecule has 0 radical (unpaired) electrons. The Morgan fingerprint density at radius 2 is 1.40 bits per heavy atom. The van der Waals surface area contributed by atoms with Gasteiger partial charge in [-0.1, -0.05) is 6.07 Å². The maximum Gasteiger partial charge on any atom is 0.435 e. The highest BCUT2D eigenvalue weighted by Gasteiger charge is 2.73. The van der Waals surface area contributed by atoms with Crippen molar-refractivity contribution < 1.29 is 71.9 Å². The Bertz CT molecular complexity index is 1700. The number of hydrogen-bond acceptors (Lipinski definition) is 4. The number of alkyl halides is 10. The molecule has 2 amide bonds. The Balaban J connectivity index is 1.78. The molecule has 19 heteroatoms. The first-order chi connectivity index (χ1) is 21.6. The summed E-state index contributed by atoms with van der Waals surface area (Å²) >= 11 is 2.32. The molecular weight excluding hydrogens is 736 g/mol. The standard InChI is InChI=1S/C28H15BrF12N2O4/c29-18-11-14(25(32,27(36,37)38)28(39,40)41)10-17(26(33,34)35)21(18)42-22(44)16-2-1-3-19(20(16)31)43(47-24(46)13-4-5-13)23(45)12-6-8-15(30)9-7-12/h1-3,6-11,13H,4-5H2,(H,42,44). The monoisotopic (exact) mass is 750 g/mol. The van der Waals surface area contributed by atoms with E-state index in [9.17, 15) is 62.7 Å². The number of nitrogens with zero attached hydrogens (tertiary/aromatic N) is 1. The van der Waals surface area contributed by atoms with E-state index >= 15 is 4.39 Å². The first kappa shape index (κ1) is 35.6. The highest BCUT2D eigenvalue weighted by Crippen LogP contribution is 2.55. The number of rotatable bonds is 6. The molecule has 252 valence electrons. The van der Waals surface area contributed by atoms with Gasteiger partial charge in [0.15, 0.2) is 5.82 Å². The van der Waals surface area contributed by atoms with Crippen molar-refractivity contribution in [3.63, 3.8) is 0 Å². The minimum absolute atomic E-state index is 0.112. The average Bonchev–Trinajstić information content (AvgIpc) is 3.81.